The van der Waals surface area contributed by atoms with Crippen molar-refractivity contribution in [2.45, 2.75) is 19.9 Å². The number of nitrogens with one attached hydrogen (secondary N) is 1. The third-order valence-electron chi connectivity index (χ3n) is 2.82. The Bertz CT molecular complexity index is 681. The maximum Gasteiger partial charge on any atom is 0.239 e. The molecule has 2 aromatic heterocycles. The quantitative estimate of drug-likeness (QED) is 0.733. The number of hydrogen-bond donors (Lipinski definition) is 2. The summed E-state index contributed by atoms with van der Waals surface area (Å²) >= 11 is 0. The number of nitrogens with two attached hydrogens (primary N) is 1. The molecule has 0 saturated carbocycles. The van der Waals surface area contributed by atoms with Crippen molar-refractivity contribution in [1.82, 2.24) is 24.7 Å². The van der Waals surface area contributed by atoms with Gasteiger partial charge in [-0.05, 0) is 18.6 Å². The van der Waals surface area contributed by atoms with Crippen LogP contribution in [0.2, 0.25) is 0 Å². The van der Waals surface area contributed by atoms with Gasteiger partial charge in [-0.25, -0.2) is 4.98 Å². The van der Waals surface area contributed by atoms with Crippen LogP contribution in [0.15, 0.2) is 24.3 Å². The molecule has 0 spiro atoms. The van der Waals surface area contributed by atoms with Crippen LogP contribution in [-0.2, 0) is 6.54 Å². The molecule has 3 N–H and O–H groups in total. The number of nitrogens with zero attached hydrogens (tertiary/aromatic N) is 4. The molecule has 0 radical (unpaired) electrons. The lowest BCUT2D eigenvalue weighted by molar-refractivity contribution is 0.700. The Morgan fingerprint density at radius 3 is 2.83 bits per heavy atom. The first-order valence-electron chi connectivity index (χ1n) is 5.93. The molecular weight excluding hydrogens is 228 g/mol. The first-order chi connectivity index (χ1) is 8.79. The van der Waals surface area contributed by atoms with Gasteiger partial charge in [-0.2, -0.15) is 4.98 Å². The van der Waals surface area contributed by atoms with Gasteiger partial charge in [0.05, 0.1) is 11.0 Å². The molecule has 3 rings (SSSR count). The maximum absolute atomic E-state index is 5.54. The highest BCUT2D eigenvalue weighted by Crippen LogP contribution is 2.22. The van der Waals surface area contributed by atoms with E-state index in [0.717, 1.165) is 29.8 Å². The second-order valence-electron chi connectivity index (χ2n) is 4.12. The third kappa shape index (κ3) is 1.62. The fraction of sp³-hybridized carbons (Fsp3) is 0.250. The molecule has 6 heteroatoms. The lowest BCUT2D eigenvalue weighted by Crippen LogP contribution is -2.00. The van der Waals surface area contributed by atoms with Gasteiger partial charge in [-0.15, -0.1) is 5.10 Å². The van der Waals surface area contributed by atoms with E-state index in [4.69, 9.17) is 5.73 Å². The molecule has 0 atom stereocenters. The van der Waals surface area contributed by atoms with Gasteiger partial charge < -0.3 is 10.3 Å². The van der Waals surface area contributed by atoms with E-state index in [1.165, 1.54) is 0 Å². The summed E-state index contributed by atoms with van der Waals surface area (Å²) in [7, 11) is 0. The van der Waals surface area contributed by atoms with Gasteiger partial charge in [0.25, 0.3) is 0 Å². The van der Waals surface area contributed by atoms with Crippen LogP contribution < -0.4 is 5.73 Å². The van der Waals surface area contributed by atoms with Gasteiger partial charge >= 0.3 is 0 Å². The largest absolute Gasteiger partial charge is 0.366 e. The summed E-state index contributed by atoms with van der Waals surface area (Å²) < 4.78 is 2.13. The van der Waals surface area contributed by atoms with Gasteiger partial charge in [-0.3, -0.25) is 5.10 Å². The minimum atomic E-state index is 0.236. The second kappa shape index (κ2) is 4.14. The smallest absolute Gasteiger partial charge is 0.239 e. The van der Waals surface area contributed by atoms with Crippen molar-refractivity contribution in [3.05, 3.63) is 24.3 Å². The summed E-state index contributed by atoms with van der Waals surface area (Å²) in [6, 6.07) is 8.03. The number of para-hydroxylation sites is 2. The van der Waals surface area contributed by atoms with E-state index in [0.29, 0.717) is 5.82 Å². The van der Waals surface area contributed by atoms with Gasteiger partial charge in [0.15, 0.2) is 11.6 Å². The van der Waals surface area contributed by atoms with Crippen LogP contribution in [0.1, 0.15) is 13.3 Å². The third-order valence-corrected chi connectivity index (χ3v) is 2.82. The van der Waals surface area contributed by atoms with E-state index in [1.807, 2.05) is 18.2 Å². The SMILES string of the molecule is CCCn1c(-c2nc(N)n[nH]2)nc2ccccc21. The Labute approximate surface area is 104 Å². The zero-order chi connectivity index (χ0) is 12.5. The van der Waals surface area contributed by atoms with E-state index >= 15 is 0 Å². The molecule has 2 heterocycles. The highest BCUT2D eigenvalue weighted by molar-refractivity contribution is 5.79. The molecule has 0 aliphatic carbocycles. The first kappa shape index (κ1) is 10.8. The van der Waals surface area contributed by atoms with Crippen LogP contribution in [-0.4, -0.2) is 24.7 Å². The number of H-pyrrole nitrogens is 1. The summed E-state index contributed by atoms with van der Waals surface area (Å²) in [6.45, 7) is 3.02. The second-order valence-corrected chi connectivity index (χ2v) is 4.12. The number of aromatic nitrogens is 5. The van der Waals surface area contributed by atoms with Crippen LogP contribution in [0, 0.1) is 0 Å². The number of hydrogen-bond acceptors (Lipinski definition) is 4. The lowest BCUT2D eigenvalue weighted by Gasteiger charge is -2.04. The van der Waals surface area contributed by atoms with E-state index in [2.05, 4.69) is 37.7 Å². The Kier molecular flexibility index (Phi) is 2.47. The molecule has 1 aromatic carbocycles. The number of nitrogen functional groups attached to an aromatic ring is 1. The van der Waals surface area contributed by atoms with Crippen molar-refractivity contribution < 1.29 is 0 Å². The minimum Gasteiger partial charge on any atom is -0.366 e. The molecule has 0 aliphatic heterocycles. The topological polar surface area (TPSA) is 85.4 Å². The van der Waals surface area contributed by atoms with E-state index in [9.17, 15) is 0 Å². The molecule has 18 heavy (non-hydrogen) atoms. The number of anilines is 1. The fourth-order valence-electron chi connectivity index (χ4n) is 2.08. The molecular formula is C12H14N6. The minimum absolute atomic E-state index is 0.236. The Hall–Kier alpha value is -2.37. The van der Waals surface area contributed by atoms with Crippen LogP contribution in [0.5, 0.6) is 0 Å². The molecule has 0 fully saturated rings. The molecule has 0 aliphatic rings. The van der Waals surface area contributed by atoms with E-state index in [1.54, 1.807) is 0 Å². The summed E-state index contributed by atoms with van der Waals surface area (Å²) in [6.07, 6.45) is 1.02. The number of fused-ring (bicyclic) bond motifs is 1. The molecule has 3 aromatic rings. The molecule has 0 bridgehead atoms. The molecule has 0 saturated heterocycles. The summed E-state index contributed by atoms with van der Waals surface area (Å²) in [5.41, 5.74) is 7.60. The number of aryl methyl sites for hydroxylation is 1. The lowest BCUT2D eigenvalue weighted by atomic mass is 10.3. The fourth-order valence-corrected chi connectivity index (χ4v) is 2.08. The number of benzene rings is 1. The molecule has 0 amide bonds. The maximum atomic E-state index is 5.54. The normalized spacial score (nSPS) is 11.2. The van der Waals surface area contributed by atoms with Crippen molar-refractivity contribution in [2.75, 3.05) is 5.73 Å². The van der Waals surface area contributed by atoms with Crippen LogP contribution in [0.25, 0.3) is 22.7 Å². The van der Waals surface area contributed by atoms with Crippen molar-refractivity contribution in [3.8, 4) is 11.6 Å². The highest BCUT2D eigenvalue weighted by Gasteiger charge is 2.14. The number of imidazole rings is 1. The van der Waals surface area contributed by atoms with Crippen molar-refractivity contribution in [2.24, 2.45) is 0 Å². The van der Waals surface area contributed by atoms with Gasteiger partial charge in [0.1, 0.15) is 0 Å². The van der Waals surface area contributed by atoms with Gasteiger partial charge in [0.2, 0.25) is 5.95 Å². The average molecular weight is 242 g/mol. The standard InChI is InChI=1S/C12H14N6/c1-2-7-18-9-6-4-3-5-8(9)14-11(18)10-15-12(13)17-16-10/h3-6H,2,7H2,1H3,(H3,13,15,16,17). The van der Waals surface area contributed by atoms with Crippen molar-refractivity contribution in [3.63, 3.8) is 0 Å². The van der Waals surface area contributed by atoms with Gasteiger partial charge in [-0.1, -0.05) is 19.1 Å². The average Bonchev–Trinajstić information content (AvgIpc) is 2.95. The van der Waals surface area contributed by atoms with Crippen LogP contribution in [0.4, 0.5) is 5.95 Å². The molecule has 6 nitrogen and oxygen atoms in total. The van der Waals surface area contributed by atoms with Crippen LogP contribution in [0.3, 0.4) is 0 Å². The monoisotopic (exact) mass is 242 g/mol. The van der Waals surface area contributed by atoms with Crippen LogP contribution >= 0.6 is 0 Å². The van der Waals surface area contributed by atoms with Crippen molar-refractivity contribution in [1.29, 1.82) is 0 Å². The highest BCUT2D eigenvalue weighted by atomic mass is 15.3. The summed E-state index contributed by atoms with van der Waals surface area (Å²) in [5, 5.41) is 6.66. The predicted octanol–water partition coefficient (Wildman–Crippen LogP) is 1.81. The van der Waals surface area contributed by atoms with Gasteiger partial charge in [0, 0.05) is 6.54 Å². The number of rotatable bonds is 3. The zero-order valence-corrected chi connectivity index (χ0v) is 10.1. The molecule has 0 unspecified atom stereocenters. The summed E-state index contributed by atoms with van der Waals surface area (Å²) in [5.74, 6) is 1.62. The number of aromatic amines is 1. The van der Waals surface area contributed by atoms with E-state index in [-0.39, 0.29) is 5.95 Å². The zero-order valence-electron chi connectivity index (χ0n) is 10.1. The van der Waals surface area contributed by atoms with E-state index < -0.39 is 0 Å². The predicted molar refractivity (Wildman–Crippen MR) is 69.8 cm³/mol. The molecule has 92 valence electrons. The van der Waals surface area contributed by atoms with Crippen molar-refractivity contribution >= 4 is 17.0 Å². The Balaban J connectivity index is 2.24. The Morgan fingerprint density at radius 2 is 2.11 bits per heavy atom. The Morgan fingerprint density at radius 1 is 1.28 bits per heavy atom. The summed E-state index contributed by atoms with van der Waals surface area (Å²) in [4.78, 5) is 8.74. The first-order valence-corrected chi connectivity index (χ1v) is 5.93.